The molecule has 0 radical (unpaired) electrons. The third kappa shape index (κ3) is 5.09. The highest BCUT2D eigenvalue weighted by atomic mass is 35.5. The Balaban J connectivity index is 2.01. The first-order chi connectivity index (χ1) is 11.7. The number of carbonyl (C=O) groups is 1. The number of nitrogens with one attached hydrogen (secondary N) is 2. The van der Waals surface area contributed by atoms with Crippen LogP contribution < -0.4 is 20.5 Å². The molecule has 2 aromatic carbocycles. The molecule has 0 aliphatic carbocycles. The van der Waals surface area contributed by atoms with Gasteiger partial charge in [0.05, 0.1) is 17.0 Å². The van der Waals surface area contributed by atoms with Crippen LogP contribution in [0.25, 0.3) is 0 Å². The van der Waals surface area contributed by atoms with Gasteiger partial charge in [0.1, 0.15) is 11.8 Å². The molecule has 1 atom stereocenters. The summed E-state index contributed by atoms with van der Waals surface area (Å²) in [7, 11) is -2.24. The van der Waals surface area contributed by atoms with E-state index in [1.54, 1.807) is 25.1 Å². The summed E-state index contributed by atoms with van der Waals surface area (Å²) in [4.78, 5) is 12.2. The Kier molecular flexibility index (Phi) is 5.89. The quantitative estimate of drug-likeness (QED) is 0.709. The molecule has 4 N–H and O–H groups in total. The Morgan fingerprint density at radius 1 is 1.16 bits per heavy atom. The number of hydrogen-bond donors (Lipinski definition) is 3. The van der Waals surface area contributed by atoms with Crippen molar-refractivity contribution in [2.75, 3.05) is 17.7 Å². The summed E-state index contributed by atoms with van der Waals surface area (Å²) >= 11 is 6.05. The summed E-state index contributed by atoms with van der Waals surface area (Å²) in [5.74, 6) is 0.245. The van der Waals surface area contributed by atoms with Crippen LogP contribution in [0.2, 0.25) is 5.02 Å². The number of anilines is 2. The molecule has 0 spiro atoms. The Morgan fingerprint density at radius 2 is 1.76 bits per heavy atom. The second-order valence-corrected chi connectivity index (χ2v) is 7.24. The summed E-state index contributed by atoms with van der Waals surface area (Å²) in [6.45, 7) is 1.69. The molecule has 1 amide bonds. The summed E-state index contributed by atoms with van der Waals surface area (Å²) < 4.78 is 27.5. The van der Waals surface area contributed by atoms with Crippen molar-refractivity contribution in [3.8, 4) is 5.75 Å². The van der Waals surface area contributed by atoms with E-state index in [2.05, 4.69) is 10.6 Å². The molecule has 0 heterocycles. The highest BCUT2D eigenvalue weighted by Crippen LogP contribution is 2.27. The van der Waals surface area contributed by atoms with Crippen LogP contribution >= 0.6 is 11.6 Å². The van der Waals surface area contributed by atoms with Crippen LogP contribution in [0, 0.1) is 0 Å². The third-order valence-electron chi connectivity index (χ3n) is 3.38. The summed E-state index contributed by atoms with van der Waals surface area (Å²) in [5.41, 5.74) is 1.12. The van der Waals surface area contributed by atoms with Gasteiger partial charge in [0, 0.05) is 11.4 Å². The topological polar surface area (TPSA) is 111 Å². The fraction of sp³-hybridized carbons (Fsp3) is 0.188. The van der Waals surface area contributed by atoms with Crippen LogP contribution in [0.3, 0.4) is 0 Å². The van der Waals surface area contributed by atoms with E-state index in [0.717, 1.165) is 0 Å². The van der Waals surface area contributed by atoms with Gasteiger partial charge in [0.2, 0.25) is 15.9 Å². The minimum absolute atomic E-state index is 0.0236. The zero-order chi connectivity index (χ0) is 18.6. The molecule has 0 fully saturated rings. The fourth-order valence-corrected chi connectivity index (χ4v) is 2.82. The molecule has 1 unspecified atom stereocenters. The minimum Gasteiger partial charge on any atom is -0.495 e. The first-order valence-electron chi connectivity index (χ1n) is 7.24. The van der Waals surface area contributed by atoms with Gasteiger partial charge in [-0.3, -0.25) is 4.79 Å². The monoisotopic (exact) mass is 383 g/mol. The molecule has 0 aliphatic rings. The average molecular weight is 384 g/mol. The number of nitrogens with two attached hydrogens (primary N) is 1. The molecule has 25 heavy (non-hydrogen) atoms. The molecule has 2 rings (SSSR count). The zero-order valence-corrected chi connectivity index (χ0v) is 15.2. The van der Waals surface area contributed by atoms with Crippen LogP contribution in [0.1, 0.15) is 6.92 Å². The summed E-state index contributed by atoms with van der Waals surface area (Å²) in [6, 6.07) is 10.1. The Morgan fingerprint density at radius 3 is 2.28 bits per heavy atom. The van der Waals surface area contributed by atoms with Crippen molar-refractivity contribution in [2.24, 2.45) is 5.14 Å². The zero-order valence-electron chi connectivity index (χ0n) is 13.6. The van der Waals surface area contributed by atoms with E-state index in [-0.39, 0.29) is 10.8 Å². The maximum Gasteiger partial charge on any atom is 0.246 e. The van der Waals surface area contributed by atoms with E-state index >= 15 is 0 Å². The van der Waals surface area contributed by atoms with E-state index in [9.17, 15) is 13.2 Å². The van der Waals surface area contributed by atoms with Crippen molar-refractivity contribution in [1.82, 2.24) is 0 Å². The van der Waals surface area contributed by atoms with Crippen molar-refractivity contribution in [3.63, 3.8) is 0 Å². The van der Waals surface area contributed by atoms with Crippen molar-refractivity contribution in [1.29, 1.82) is 0 Å². The maximum absolute atomic E-state index is 12.2. The number of halogens is 1. The van der Waals surface area contributed by atoms with E-state index in [0.29, 0.717) is 22.1 Å². The van der Waals surface area contributed by atoms with Crippen LogP contribution in [0.5, 0.6) is 5.75 Å². The largest absolute Gasteiger partial charge is 0.495 e. The predicted molar refractivity (Wildman–Crippen MR) is 97.5 cm³/mol. The molecule has 0 aromatic heterocycles. The second kappa shape index (κ2) is 7.73. The van der Waals surface area contributed by atoms with Crippen LogP contribution in [-0.2, 0) is 14.8 Å². The smallest absolute Gasteiger partial charge is 0.246 e. The van der Waals surface area contributed by atoms with Crippen molar-refractivity contribution in [3.05, 3.63) is 47.5 Å². The standard InChI is InChI=1S/C16H18ClN3O4S/c1-10(19-12-5-8-15(24-2)14(17)9-12)16(21)20-11-3-6-13(7-4-11)25(18,22)23/h3-10,19H,1-2H3,(H,20,21)(H2,18,22,23). The van der Waals surface area contributed by atoms with Gasteiger partial charge in [-0.1, -0.05) is 11.6 Å². The molecule has 0 aliphatic heterocycles. The normalized spacial score (nSPS) is 12.3. The number of amides is 1. The van der Waals surface area contributed by atoms with E-state index in [1.165, 1.54) is 31.4 Å². The number of primary sulfonamides is 1. The molecule has 0 saturated carbocycles. The van der Waals surface area contributed by atoms with Gasteiger partial charge in [-0.05, 0) is 49.4 Å². The number of rotatable bonds is 6. The number of methoxy groups -OCH3 is 1. The van der Waals surface area contributed by atoms with E-state index in [1.807, 2.05) is 0 Å². The molecule has 7 nitrogen and oxygen atoms in total. The van der Waals surface area contributed by atoms with E-state index < -0.39 is 16.1 Å². The molecule has 0 bridgehead atoms. The molecule has 9 heteroatoms. The predicted octanol–water partition coefficient (Wildman–Crippen LogP) is 2.44. The Labute approximate surface area is 151 Å². The molecule has 0 saturated heterocycles. The van der Waals surface area contributed by atoms with Gasteiger partial charge in [-0.15, -0.1) is 0 Å². The van der Waals surface area contributed by atoms with Gasteiger partial charge < -0.3 is 15.4 Å². The number of carbonyl (C=O) groups excluding carboxylic acids is 1. The fourth-order valence-electron chi connectivity index (χ4n) is 2.05. The highest BCUT2D eigenvalue weighted by molar-refractivity contribution is 7.89. The van der Waals surface area contributed by atoms with Gasteiger partial charge in [0.15, 0.2) is 0 Å². The first kappa shape index (κ1) is 19.0. The lowest BCUT2D eigenvalue weighted by Crippen LogP contribution is -2.31. The minimum atomic E-state index is -3.76. The molecule has 2 aromatic rings. The van der Waals surface area contributed by atoms with Crippen LogP contribution in [-0.4, -0.2) is 27.5 Å². The van der Waals surface area contributed by atoms with Crippen molar-refractivity contribution < 1.29 is 17.9 Å². The number of ether oxygens (including phenoxy) is 1. The lowest BCUT2D eigenvalue weighted by molar-refractivity contribution is -0.116. The van der Waals surface area contributed by atoms with Crippen molar-refractivity contribution in [2.45, 2.75) is 17.9 Å². The SMILES string of the molecule is COc1ccc(NC(C)C(=O)Nc2ccc(S(N)(=O)=O)cc2)cc1Cl. The Hall–Kier alpha value is -2.29. The van der Waals surface area contributed by atoms with Gasteiger partial charge in [0.25, 0.3) is 0 Å². The second-order valence-electron chi connectivity index (χ2n) is 5.27. The summed E-state index contributed by atoms with van der Waals surface area (Å²) in [5, 5.41) is 11.2. The Bertz CT molecular complexity index is 869. The number of sulfonamides is 1. The molecule has 134 valence electrons. The lowest BCUT2D eigenvalue weighted by atomic mass is 10.2. The molecular weight excluding hydrogens is 366 g/mol. The maximum atomic E-state index is 12.2. The highest BCUT2D eigenvalue weighted by Gasteiger charge is 2.14. The number of benzene rings is 2. The van der Waals surface area contributed by atoms with Crippen LogP contribution in [0.4, 0.5) is 11.4 Å². The first-order valence-corrected chi connectivity index (χ1v) is 9.17. The van der Waals surface area contributed by atoms with Gasteiger partial charge in [-0.25, -0.2) is 13.6 Å². The van der Waals surface area contributed by atoms with Crippen LogP contribution in [0.15, 0.2) is 47.4 Å². The van der Waals surface area contributed by atoms with Gasteiger partial charge >= 0.3 is 0 Å². The average Bonchev–Trinajstić information content (AvgIpc) is 2.54. The molecular formula is C16H18ClN3O4S. The van der Waals surface area contributed by atoms with Crippen molar-refractivity contribution >= 4 is 38.9 Å². The van der Waals surface area contributed by atoms with Gasteiger partial charge in [-0.2, -0.15) is 0 Å². The summed E-state index contributed by atoms with van der Waals surface area (Å²) in [6.07, 6.45) is 0. The third-order valence-corrected chi connectivity index (χ3v) is 4.60. The van der Waals surface area contributed by atoms with E-state index in [4.69, 9.17) is 21.5 Å². The number of hydrogen-bond acceptors (Lipinski definition) is 5. The lowest BCUT2D eigenvalue weighted by Gasteiger charge is -2.16.